The Bertz CT molecular complexity index is 417. The molecule has 1 fully saturated rings. The molecule has 1 aromatic heterocycles. The summed E-state index contributed by atoms with van der Waals surface area (Å²) < 4.78 is 1.89. The van der Waals surface area contributed by atoms with Crippen LogP contribution in [0.1, 0.15) is 25.3 Å². The molecule has 0 radical (unpaired) electrons. The van der Waals surface area contributed by atoms with Crippen molar-refractivity contribution in [1.29, 1.82) is 0 Å². The van der Waals surface area contributed by atoms with Gasteiger partial charge in [-0.15, -0.1) is 0 Å². The van der Waals surface area contributed by atoms with Crippen LogP contribution >= 0.6 is 0 Å². The molecular formula is C16H31N5. The van der Waals surface area contributed by atoms with Gasteiger partial charge in [0.15, 0.2) is 0 Å². The molecule has 2 rings (SSSR count). The molecule has 0 bridgehead atoms. The highest BCUT2D eigenvalue weighted by molar-refractivity contribution is 5.04. The summed E-state index contributed by atoms with van der Waals surface area (Å²) >= 11 is 0. The van der Waals surface area contributed by atoms with Crippen molar-refractivity contribution in [1.82, 2.24) is 24.9 Å². The highest BCUT2D eigenvalue weighted by Gasteiger charge is 2.27. The van der Waals surface area contributed by atoms with Crippen LogP contribution in [-0.4, -0.2) is 71.9 Å². The number of rotatable bonds is 6. The lowest BCUT2D eigenvalue weighted by Gasteiger charge is -2.35. The van der Waals surface area contributed by atoms with Gasteiger partial charge in [0.25, 0.3) is 0 Å². The van der Waals surface area contributed by atoms with Crippen molar-refractivity contribution < 1.29 is 0 Å². The number of aromatic nitrogens is 2. The maximum absolute atomic E-state index is 4.27. The molecule has 0 aromatic carbocycles. The lowest BCUT2D eigenvalue weighted by atomic mass is 9.99. The van der Waals surface area contributed by atoms with Gasteiger partial charge < -0.3 is 15.1 Å². The first-order chi connectivity index (χ1) is 10.1. The standard InChI is InChI=1S/C16H31N5/c1-5-17-15(8-7-14-11-18-21(4)12-14)16-13-19(2)9-6-10-20(16)3/h11-12,15-17H,5-10,13H2,1-4H3. The van der Waals surface area contributed by atoms with Crippen LogP contribution < -0.4 is 5.32 Å². The molecule has 2 unspecified atom stereocenters. The van der Waals surface area contributed by atoms with Gasteiger partial charge in [0.2, 0.25) is 0 Å². The van der Waals surface area contributed by atoms with E-state index >= 15 is 0 Å². The Morgan fingerprint density at radius 1 is 1.33 bits per heavy atom. The first kappa shape index (κ1) is 16.5. The Kier molecular flexibility index (Phi) is 6.21. The van der Waals surface area contributed by atoms with E-state index in [4.69, 9.17) is 0 Å². The fourth-order valence-electron chi connectivity index (χ4n) is 3.36. The topological polar surface area (TPSA) is 36.3 Å². The minimum atomic E-state index is 0.542. The van der Waals surface area contributed by atoms with Crippen LogP contribution in [0.3, 0.4) is 0 Å². The lowest BCUT2D eigenvalue weighted by Crippen LogP contribution is -2.52. The van der Waals surface area contributed by atoms with E-state index in [2.05, 4.69) is 47.4 Å². The van der Waals surface area contributed by atoms with Crippen molar-refractivity contribution in [2.24, 2.45) is 7.05 Å². The molecule has 2 heterocycles. The van der Waals surface area contributed by atoms with Crippen molar-refractivity contribution in [3.05, 3.63) is 18.0 Å². The molecule has 1 aliphatic rings. The zero-order valence-corrected chi connectivity index (χ0v) is 14.0. The van der Waals surface area contributed by atoms with Gasteiger partial charge in [0.1, 0.15) is 0 Å². The van der Waals surface area contributed by atoms with Crippen LogP contribution in [0.5, 0.6) is 0 Å². The van der Waals surface area contributed by atoms with Crippen molar-refractivity contribution in [3.63, 3.8) is 0 Å². The molecule has 2 atom stereocenters. The average Bonchev–Trinajstić information content (AvgIpc) is 2.78. The quantitative estimate of drug-likeness (QED) is 0.848. The molecule has 5 heteroatoms. The van der Waals surface area contributed by atoms with E-state index in [0.29, 0.717) is 12.1 Å². The van der Waals surface area contributed by atoms with Gasteiger partial charge >= 0.3 is 0 Å². The Morgan fingerprint density at radius 3 is 2.81 bits per heavy atom. The fourth-order valence-corrected chi connectivity index (χ4v) is 3.36. The predicted octanol–water partition coefficient (Wildman–Crippen LogP) is 0.967. The third-order valence-electron chi connectivity index (χ3n) is 4.55. The molecule has 0 amide bonds. The minimum Gasteiger partial charge on any atom is -0.313 e. The van der Waals surface area contributed by atoms with Crippen LogP contribution in [0.2, 0.25) is 0 Å². The van der Waals surface area contributed by atoms with Crippen LogP contribution in [0.15, 0.2) is 12.4 Å². The molecule has 0 aliphatic carbocycles. The van der Waals surface area contributed by atoms with E-state index < -0.39 is 0 Å². The number of likely N-dealkylation sites (N-methyl/N-ethyl adjacent to an activating group) is 3. The van der Waals surface area contributed by atoms with Gasteiger partial charge in [0.05, 0.1) is 6.20 Å². The number of nitrogens with zero attached hydrogens (tertiary/aromatic N) is 4. The maximum Gasteiger partial charge on any atom is 0.0521 e. The van der Waals surface area contributed by atoms with Gasteiger partial charge in [-0.2, -0.15) is 5.10 Å². The van der Waals surface area contributed by atoms with Crippen molar-refractivity contribution >= 4 is 0 Å². The second-order valence-corrected chi connectivity index (χ2v) is 6.39. The van der Waals surface area contributed by atoms with E-state index in [0.717, 1.165) is 19.5 Å². The summed E-state index contributed by atoms with van der Waals surface area (Å²) in [5.41, 5.74) is 1.34. The van der Waals surface area contributed by atoms with E-state index in [9.17, 15) is 0 Å². The zero-order valence-electron chi connectivity index (χ0n) is 14.0. The smallest absolute Gasteiger partial charge is 0.0521 e. The second kappa shape index (κ2) is 7.92. The van der Waals surface area contributed by atoms with Crippen molar-refractivity contribution in [2.75, 3.05) is 40.3 Å². The maximum atomic E-state index is 4.27. The summed E-state index contributed by atoms with van der Waals surface area (Å²) in [6.45, 7) is 6.80. The summed E-state index contributed by atoms with van der Waals surface area (Å²) in [6, 6.07) is 1.13. The first-order valence-corrected chi connectivity index (χ1v) is 8.19. The summed E-state index contributed by atoms with van der Waals surface area (Å²) in [6.07, 6.45) is 7.66. The molecule has 1 aromatic rings. The number of aryl methyl sites for hydroxylation is 2. The first-order valence-electron chi connectivity index (χ1n) is 8.19. The van der Waals surface area contributed by atoms with E-state index in [1.165, 1.54) is 31.5 Å². The molecular weight excluding hydrogens is 262 g/mol. The highest BCUT2D eigenvalue weighted by Crippen LogP contribution is 2.15. The molecule has 1 saturated heterocycles. The normalized spacial score (nSPS) is 23.1. The van der Waals surface area contributed by atoms with Gasteiger partial charge in [-0.25, -0.2) is 0 Å². The molecule has 1 aliphatic heterocycles. The fraction of sp³-hybridized carbons (Fsp3) is 0.812. The van der Waals surface area contributed by atoms with Gasteiger partial charge in [0, 0.05) is 31.9 Å². The SMILES string of the molecule is CCNC(CCc1cnn(C)c1)C1CN(C)CCCN1C. The summed E-state index contributed by atoms with van der Waals surface area (Å²) in [5.74, 6) is 0. The summed E-state index contributed by atoms with van der Waals surface area (Å²) in [5, 5.41) is 7.99. The molecule has 0 saturated carbocycles. The minimum absolute atomic E-state index is 0.542. The largest absolute Gasteiger partial charge is 0.313 e. The second-order valence-electron chi connectivity index (χ2n) is 6.39. The average molecular weight is 293 g/mol. The Hall–Kier alpha value is -0.910. The van der Waals surface area contributed by atoms with E-state index in [1.807, 2.05) is 17.9 Å². The Morgan fingerprint density at radius 2 is 2.14 bits per heavy atom. The molecule has 21 heavy (non-hydrogen) atoms. The predicted molar refractivity (Wildman–Crippen MR) is 87.5 cm³/mol. The number of nitrogens with one attached hydrogen (secondary N) is 1. The van der Waals surface area contributed by atoms with Crippen molar-refractivity contribution in [2.45, 2.75) is 38.3 Å². The number of hydrogen-bond donors (Lipinski definition) is 1. The Labute approximate surface area is 129 Å². The van der Waals surface area contributed by atoms with E-state index in [1.54, 1.807) is 0 Å². The molecule has 0 spiro atoms. The summed E-state index contributed by atoms with van der Waals surface area (Å²) in [4.78, 5) is 5.02. The van der Waals surface area contributed by atoms with Crippen LogP contribution in [-0.2, 0) is 13.5 Å². The highest BCUT2D eigenvalue weighted by atomic mass is 15.2. The third-order valence-corrected chi connectivity index (χ3v) is 4.55. The van der Waals surface area contributed by atoms with E-state index in [-0.39, 0.29) is 0 Å². The number of hydrogen-bond acceptors (Lipinski definition) is 4. The van der Waals surface area contributed by atoms with Crippen molar-refractivity contribution in [3.8, 4) is 0 Å². The zero-order chi connectivity index (χ0) is 15.2. The van der Waals surface area contributed by atoms with Crippen LogP contribution in [0, 0.1) is 0 Å². The van der Waals surface area contributed by atoms with Gasteiger partial charge in [-0.1, -0.05) is 6.92 Å². The van der Waals surface area contributed by atoms with Gasteiger partial charge in [-0.05, 0) is 58.6 Å². The molecule has 5 nitrogen and oxygen atoms in total. The third kappa shape index (κ3) is 4.80. The summed E-state index contributed by atoms with van der Waals surface area (Å²) in [7, 11) is 6.51. The van der Waals surface area contributed by atoms with Gasteiger partial charge in [-0.3, -0.25) is 4.68 Å². The Balaban J connectivity index is 1.98. The monoisotopic (exact) mass is 293 g/mol. The molecule has 1 N–H and O–H groups in total. The molecule has 120 valence electrons. The van der Waals surface area contributed by atoms with Crippen LogP contribution in [0.25, 0.3) is 0 Å². The lowest BCUT2D eigenvalue weighted by molar-refractivity contribution is 0.173. The van der Waals surface area contributed by atoms with Crippen LogP contribution in [0.4, 0.5) is 0 Å².